The lowest BCUT2D eigenvalue weighted by atomic mass is 9.98. The van der Waals surface area contributed by atoms with Crippen LogP contribution in [0.1, 0.15) is 37.0 Å². The first kappa shape index (κ1) is 20.7. The van der Waals surface area contributed by atoms with E-state index in [-0.39, 0.29) is 5.56 Å². The van der Waals surface area contributed by atoms with Crippen molar-refractivity contribution < 1.29 is 9.47 Å². The minimum absolute atomic E-state index is 0.0895. The Morgan fingerprint density at radius 2 is 1.55 bits per heavy atom. The third-order valence-corrected chi connectivity index (χ3v) is 5.22. The van der Waals surface area contributed by atoms with Gasteiger partial charge in [0.2, 0.25) is 0 Å². The maximum Gasteiger partial charge on any atom is 0.258 e. The zero-order chi connectivity index (χ0) is 21.0. The smallest absolute Gasteiger partial charge is 0.258 e. The van der Waals surface area contributed by atoms with Gasteiger partial charge in [-0.3, -0.25) is 9.36 Å². The Morgan fingerprint density at radius 3 is 2.17 bits per heavy atom. The molecule has 4 heteroatoms. The van der Waals surface area contributed by atoms with Crippen LogP contribution in [0.4, 0.5) is 0 Å². The maximum atomic E-state index is 13.1. The molecule has 152 valence electrons. The predicted molar refractivity (Wildman–Crippen MR) is 119 cm³/mol. The lowest BCUT2D eigenvalue weighted by molar-refractivity contribution is 0.394. The number of hydrogen-bond acceptors (Lipinski definition) is 3. The number of fused-ring (bicyclic) bond motifs is 1. The Labute approximate surface area is 172 Å². The SMILES string of the molecule is CC.COc1cc(OC)cc(-c2cn(-c3cccc(C)c3)c(=O)c3c2CCC3)c1. The van der Waals surface area contributed by atoms with Gasteiger partial charge in [0.05, 0.1) is 14.2 Å². The third kappa shape index (κ3) is 4.07. The molecule has 0 unspecified atom stereocenters. The highest BCUT2D eigenvalue weighted by molar-refractivity contribution is 5.72. The highest BCUT2D eigenvalue weighted by atomic mass is 16.5. The second kappa shape index (κ2) is 8.99. The number of aryl methyl sites for hydroxylation is 1. The van der Waals surface area contributed by atoms with Crippen LogP contribution >= 0.6 is 0 Å². The molecule has 0 bridgehead atoms. The second-order valence-electron chi connectivity index (χ2n) is 6.97. The third-order valence-electron chi connectivity index (χ3n) is 5.22. The Morgan fingerprint density at radius 1 is 0.897 bits per heavy atom. The summed E-state index contributed by atoms with van der Waals surface area (Å²) in [6.45, 7) is 6.04. The van der Waals surface area contributed by atoms with Gasteiger partial charge in [0, 0.05) is 29.1 Å². The Bertz CT molecular complexity index is 1040. The van der Waals surface area contributed by atoms with Gasteiger partial charge in [-0.25, -0.2) is 0 Å². The zero-order valence-electron chi connectivity index (χ0n) is 17.9. The fourth-order valence-electron chi connectivity index (χ4n) is 3.87. The molecule has 0 saturated carbocycles. The molecule has 1 aliphatic carbocycles. The number of benzene rings is 2. The molecule has 4 nitrogen and oxygen atoms in total. The van der Waals surface area contributed by atoms with E-state index in [9.17, 15) is 4.79 Å². The monoisotopic (exact) mass is 391 g/mol. The highest BCUT2D eigenvalue weighted by Gasteiger charge is 2.22. The maximum absolute atomic E-state index is 13.1. The Kier molecular flexibility index (Phi) is 6.42. The first-order chi connectivity index (χ1) is 14.1. The average molecular weight is 392 g/mol. The lowest BCUT2D eigenvalue weighted by Gasteiger charge is -2.16. The molecular formula is C25H29NO3. The van der Waals surface area contributed by atoms with Gasteiger partial charge in [-0.15, -0.1) is 0 Å². The summed E-state index contributed by atoms with van der Waals surface area (Å²) in [5, 5.41) is 0. The summed E-state index contributed by atoms with van der Waals surface area (Å²) in [5.74, 6) is 1.48. The predicted octanol–water partition coefficient (Wildman–Crippen LogP) is 5.35. The topological polar surface area (TPSA) is 40.5 Å². The van der Waals surface area contributed by atoms with Gasteiger partial charge in [-0.05, 0) is 67.1 Å². The molecule has 1 heterocycles. The van der Waals surface area contributed by atoms with E-state index in [1.165, 1.54) is 0 Å². The number of aromatic nitrogens is 1. The van der Waals surface area contributed by atoms with E-state index in [1.807, 2.05) is 69.4 Å². The van der Waals surface area contributed by atoms with Crippen LogP contribution in [0, 0.1) is 6.92 Å². The van der Waals surface area contributed by atoms with E-state index in [4.69, 9.17) is 9.47 Å². The molecule has 2 aromatic carbocycles. The first-order valence-electron chi connectivity index (χ1n) is 10.2. The summed E-state index contributed by atoms with van der Waals surface area (Å²) >= 11 is 0. The second-order valence-corrected chi connectivity index (χ2v) is 6.97. The molecular weight excluding hydrogens is 362 g/mol. The summed E-state index contributed by atoms with van der Waals surface area (Å²) in [5.41, 5.74) is 6.27. The van der Waals surface area contributed by atoms with E-state index in [2.05, 4.69) is 0 Å². The van der Waals surface area contributed by atoms with Crippen LogP contribution in [0.25, 0.3) is 16.8 Å². The molecule has 3 aromatic rings. The molecule has 0 amide bonds. The van der Waals surface area contributed by atoms with Crippen LogP contribution < -0.4 is 15.0 Å². The van der Waals surface area contributed by atoms with Crippen LogP contribution in [0.2, 0.25) is 0 Å². The van der Waals surface area contributed by atoms with Crippen LogP contribution in [0.3, 0.4) is 0 Å². The summed E-state index contributed by atoms with van der Waals surface area (Å²) < 4.78 is 12.7. The van der Waals surface area contributed by atoms with Crippen molar-refractivity contribution in [1.82, 2.24) is 4.57 Å². The van der Waals surface area contributed by atoms with Gasteiger partial charge in [0.25, 0.3) is 5.56 Å². The Balaban J connectivity index is 0.00000117. The van der Waals surface area contributed by atoms with Crippen molar-refractivity contribution in [3.63, 3.8) is 0 Å². The molecule has 0 fully saturated rings. The molecule has 1 aliphatic rings. The van der Waals surface area contributed by atoms with E-state index >= 15 is 0 Å². The molecule has 0 radical (unpaired) electrons. The fourth-order valence-corrected chi connectivity index (χ4v) is 3.87. The van der Waals surface area contributed by atoms with Gasteiger partial charge < -0.3 is 9.47 Å². The fraction of sp³-hybridized carbons (Fsp3) is 0.320. The number of hydrogen-bond donors (Lipinski definition) is 0. The molecule has 1 aromatic heterocycles. The zero-order valence-corrected chi connectivity index (χ0v) is 17.9. The van der Waals surface area contributed by atoms with Crippen molar-refractivity contribution >= 4 is 0 Å². The van der Waals surface area contributed by atoms with Crippen LogP contribution in [0.5, 0.6) is 11.5 Å². The van der Waals surface area contributed by atoms with E-state index in [1.54, 1.807) is 18.8 Å². The number of ether oxygens (including phenoxy) is 2. The molecule has 0 saturated heterocycles. The summed E-state index contributed by atoms with van der Waals surface area (Å²) in [4.78, 5) is 13.1. The normalized spacial score (nSPS) is 12.0. The summed E-state index contributed by atoms with van der Waals surface area (Å²) in [6, 6.07) is 13.9. The summed E-state index contributed by atoms with van der Waals surface area (Å²) in [6.07, 6.45) is 4.73. The number of nitrogens with zero attached hydrogens (tertiary/aromatic N) is 1. The first-order valence-corrected chi connectivity index (χ1v) is 10.2. The standard InChI is InChI=1S/C23H23NO3.C2H6/c1-15-6-4-7-17(10-15)24-14-22(20-8-5-9-21(20)23(24)25)16-11-18(26-2)13-19(12-16)27-3;1-2/h4,6-7,10-14H,5,8-9H2,1-3H3;1-2H3. The van der Waals surface area contributed by atoms with Crippen molar-refractivity contribution in [2.24, 2.45) is 0 Å². The molecule has 0 spiro atoms. The van der Waals surface area contributed by atoms with Crippen molar-refractivity contribution in [3.05, 3.63) is 75.7 Å². The molecule has 0 aliphatic heterocycles. The molecule has 4 rings (SSSR count). The van der Waals surface area contributed by atoms with Crippen molar-refractivity contribution in [2.75, 3.05) is 14.2 Å². The van der Waals surface area contributed by atoms with Crippen molar-refractivity contribution in [1.29, 1.82) is 0 Å². The van der Waals surface area contributed by atoms with Gasteiger partial charge in [-0.1, -0.05) is 26.0 Å². The van der Waals surface area contributed by atoms with E-state index in [0.29, 0.717) is 0 Å². The Hall–Kier alpha value is -3.01. The number of pyridine rings is 1. The lowest BCUT2D eigenvalue weighted by Crippen LogP contribution is -2.22. The number of rotatable bonds is 4. The van der Waals surface area contributed by atoms with Gasteiger partial charge in [0.15, 0.2) is 0 Å². The van der Waals surface area contributed by atoms with Crippen molar-refractivity contribution in [3.8, 4) is 28.3 Å². The molecule has 0 N–H and O–H groups in total. The molecule has 29 heavy (non-hydrogen) atoms. The quantitative estimate of drug-likeness (QED) is 0.602. The molecule has 0 atom stereocenters. The minimum atomic E-state index is 0.0895. The average Bonchev–Trinajstić information content (AvgIpc) is 3.25. The number of methoxy groups -OCH3 is 2. The van der Waals surface area contributed by atoms with Crippen LogP contribution in [-0.4, -0.2) is 18.8 Å². The van der Waals surface area contributed by atoms with Crippen LogP contribution in [0.15, 0.2) is 53.5 Å². The van der Waals surface area contributed by atoms with Gasteiger partial charge >= 0.3 is 0 Å². The minimum Gasteiger partial charge on any atom is -0.497 e. The van der Waals surface area contributed by atoms with Crippen molar-refractivity contribution in [2.45, 2.75) is 40.0 Å². The van der Waals surface area contributed by atoms with Crippen LogP contribution in [-0.2, 0) is 12.8 Å². The van der Waals surface area contributed by atoms with Gasteiger partial charge in [-0.2, -0.15) is 0 Å². The largest absolute Gasteiger partial charge is 0.497 e. The van der Waals surface area contributed by atoms with Gasteiger partial charge in [0.1, 0.15) is 11.5 Å². The van der Waals surface area contributed by atoms with E-state index in [0.717, 1.165) is 64.3 Å². The summed E-state index contributed by atoms with van der Waals surface area (Å²) in [7, 11) is 3.30. The highest BCUT2D eigenvalue weighted by Crippen LogP contribution is 2.35. The van der Waals surface area contributed by atoms with E-state index < -0.39 is 0 Å².